The van der Waals surface area contributed by atoms with Crippen LogP contribution in [-0.2, 0) is 0 Å². The average Bonchev–Trinajstić information content (AvgIpc) is 3.23. The molecule has 0 aliphatic rings. The average molecular weight is 312 g/mol. The largest absolute Gasteiger partial charge is 0.359 e. The van der Waals surface area contributed by atoms with Crippen LogP contribution in [0, 0.1) is 11.3 Å². The minimum Gasteiger partial charge on any atom is -0.359 e. The van der Waals surface area contributed by atoms with Gasteiger partial charge in [0.15, 0.2) is 0 Å². The van der Waals surface area contributed by atoms with E-state index >= 15 is 0 Å². The Labute approximate surface area is 130 Å². The van der Waals surface area contributed by atoms with E-state index in [-0.39, 0.29) is 11.4 Å². The number of aromatic nitrogens is 5. The summed E-state index contributed by atoms with van der Waals surface area (Å²) >= 11 is 6.18. The van der Waals surface area contributed by atoms with Gasteiger partial charge in [0, 0.05) is 24.3 Å². The number of H-pyrrole nitrogens is 1. The molecule has 7 nitrogen and oxygen atoms in total. The minimum atomic E-state index is 0.215. The lowest BCUT2D eigenvalue weighted by Crippen LogP contribution is -1.96. The van der Waals surface area contributed by atoms with Gasteiger partial charge in [-0.05, 0) is 35.5 Å². The molecule has 0 spiro atoms. The lowest BCUT2D eigenvalue weighted by molar-refractivity contribution is 0.881. The third kappa shape index (κ3) is 2.82. The van der Waals surface area contributed by atoms with E-state index in [9.17, 15) is 0 Å². The molecule has 0 unspecified atom stereocenters. The molecule has 3 rings (SSSR count). The minimum absolute atomic E-state index is 0.215. The second kappa shape index (κ2) is 6.11. The third-order valence-electron chi connectivity index (χ3n) is 2.93. The summed E-state index contributed by atoms with van der Waals surface area (Å²) < 4.78 is 1.95. The first-order valence-corrected chi connectivity index (χ1v) is 6.69. The zero-order chi connectivity index (χ0) is 15.4. The number of hydrogen-bond acceptors (Lipinski definition) is 5. The number of hydrogen-bond donors (Lipinski definition) is 2. The van der Waals surface area contributed by atoms with Gasteiger partial charge < -0.3 is 9.88 Å². The Bertz CT molecular complexity index is 829. The van der Waals surface area contributed by atoms with Gasteiger partial charge in [-0.1, -0.05) is 11.6 Å². The Morgan fingerprint density at radius 1 is 1.36 bits per heavy atom. The molecule has 22 heavy (non-hydrogen) atoms. The van der Waals surface area contributed by atoms with Gasteiger partial charge in [0.2, 0.25) is 5.82 Å². The van der Waals surface area contributed by atoms with Gasteiger partial charge in [-0.3, -0.25) is 0 Å². The van der Waals surface area contributed by atoms with E-state index < -0.39 is 0 Å². The Morgan fingerprint density at radius 3 is 2.86 bits per heavy atom. The zero-order valence-corrected chi connectivity index (χ0v) is 12.0. The SMILES string of the molecule is N#CC(=CNc1cc(-n2cccc2)ccc1Cl)c1nn[nH]n1. The van der Waals surface area contributed by atoms with Crippen molar-refractivity contribution in [2.24, 2.45) is 0 Å². The van der Waals surface area contributed by atoms with Crippen molar-refractivity contribution >= 4 is 22.9 Å². The molecule has 2 aromatic heterocycles. The standard InChI is InChI=1S/C14H10ClN7/c15-12-4-3-11(22-5-1-2-6-22)7-13(12)17-9-10(8-16)14-18-20-21-19-14/h1-7,9,17H,(H,18,19,20,21). The highest BCUT2D eigenvalue weighted by molar-refractivity contribution is 6.33. The number of allylic oxidation sites excluding steroid dienone is 1. The number of benzene rings is 1. The van der Waals surface area contributed by atoms with Crippen LogP contribution in [0.3, 0.4) is 0 Å². The highest BCUT2D eigenvalue weighted by Crippen LogP contribution is 2.25. The normalized spacial score (nSPS) is 11.2. The van der Waals surface area contributed by atoms with Crippen molar-refractivity contribution in [1.82, 2.24) is 25.2 Å². The van der Waals surface area contributed by atoms with Gasteiger partial charge in [0.1, 0.15) is 11.6 Å². The third-order valence-corrected chi connectivity index (χ3v) is 3.26. The van der Waals surface area contributed by atoms with E-state index in [1.807, 2.05) is 47.3 Å². The smallest absolute Gasteiger partial charge is 0.216 e. The van der Waals surface area contributed by atoms with Crippen LogP contribution >= 0.6 is 11.6 Å². The molecule has 2 N–H and O–H groups in total. The second-order valence-corrected chi connectivity index (χ2v) is 4.71. The monoisotopic (exact) mass is 311 g/mol. The van der Waals surface area contributed by atoms with Gasteiger partial charge in [0.05, 0.1) is 10.7 Å². The number of halogens is 1. The fourth-order valence-corrected chi connectivity index (χ4v) is 2.04. The fourth-order valence-electron chi connectivity index (χ4n) is 1.86. The molecular weight excluding hydrogens is 302 g/mol. The van der Waals surface area contributed by atoms with Crippen molar-refractivity contribution in [1.29, 1.82) is 5.26 Å². The summed E-state index contributed by atoms with van der Waals surface area (Å²) in [6.07, 6.45) is 5.36. The molecule has 108 valence electrons. The van der Waals surface area contributed by atoms with E-state index in [4.69, 9.17) is 16.9 Å². The molecule has 0 fully saturated rings. The van der Waals surface area contributed by atoms with E-state index in [0.717, 1.165) is 5.69 Å². The van der Waals surface area contributed by atoms with Crippen molar-refractivity contribution in [2.45, 2.75) is 0 Å². The van der Waals surface area contributed by atoms with Gasteiger partial charge in [-0.15, -0.1) is 10.2 Å². The predicted molar refractivity (Wildman–Crippen MR) is 82.2 cm³/mol. The molecule has 0 bridgehead atoms. The van der Waals surface area contributed by atoms with Crippen molar-refractivity contribution in [3.05, 3.63) is 59.8 Å². The molecule has 0 radical (unpaired) electrons. The van der Waals surface area contributed by atoms with Crippen LogP contribution < -0.4 is 5.32 Å². The highest BCUT2D eigenvalue weighted by Gasteiger charge is 2.07. The quantitative estimate of drug-likeness (QED) is 0.722. The van der Waals surface area contributed by atoms with E-state index in [1.54, 1.807) is 6.07 Å². The first kappa shape index (κ1) is 13.9. The van der Waals surface area contributed by atoms with Gasteiger partial charge >= 0.3 is 0 Å². The van der Waals surface area contributed by atoms with Crippen LogP contribution in [0.1, 0.15) is 5.82 Å². The number of nitriles is 1. The van der Waals surface area contributed by atoms with Gasteiger partial charge in [-0.2, -0.15) is 10.5 Å². The van der Waals surface area contributed by atoms with Crippen LogP contribution in [0.15, 0.2) is 48.9 Å². The number of nitrogens with one attached hydrogen (secondary N) is 2. The summed E-state index contributed by atoms with van der Waals surface area (Å²) in [6.45, 7) is 0. The van der Waals surface area contributed by atoms with Crippen molar-refractivity contribution in [3.8, 4) is 11.8 Å². The first-order chi connectivity index (χ1) is 10.8. The summed E-state index contributed by atoms with van der Waals surface area (Å²) in [7, 11) is 0. The molecule has 0 aliphatic heterocycles. The van der Waals surface area contributed by atoms with Crippen LogP contribution in [0.25, 0.3) is 11.3 Å². The molecule has 1 aromatic carbocycles. The summed E-state index contributed by atoms with van der Waals surface area (Å²) in [5.41, 5.74) is 1.86. The van der Waals surface area contributed by atoms with Crippen LogP contribution in [-0.4, -0.2) is 25.2 Å². The Morgan fingerprint density at radius 2 is 2.18 bits per heavy atom. The Kier molecular flexibility index (Phi) is 3.85. The van der Waals surface area contributed by atoms with Gasteiger partial charge in [0.25, 0.3) is 0 Å². The molecular formula is C14H10ClN7. The molecule has 0 aliphatic carbocycles. The molecule has 0 atom stereocenters. The molecule has 0 saturated heterocycles. The summed E-state index contributed by atoms with van der Waals surface area (Å²) in [5.74, 6) is 0.215. The van der Waals surface area contributed by atoms with E-state index in [1.165, 1.54) is 6.20 Å². The first-order valence-electron chi connectivity index (χ1n) is 6.31. The van der Waals surface area contributed by atoms with Crippen LogP contribution in [0.2, 0.25) is 5.02 Å². The van der Waals surface area contributed by atoms with Gasteiger partial charge in [-0.25, -0.2) is 0 Å². The number of anilines is 1. The van der Waals surface area contributed by atoms with Crippen molar-refractivity contribution < 1.29 is 0 Å². The Hall–Kier alpha value is -3.11. The number of aromatic amines is 1. The second-order valence-electron chi connectivity index (χ2n) is 4.30. The summed E-state index contributed by atoms with van der Waals surface area (Å²) in [6, 6.07) is 11.4. The lowest BCUT2D eigenvalue weighted by atomic mass is 10.2. The molecule has 8 heteroatoms. The van der Waals surface area contributed by atoms with E-state index in [0.29, 0.717) is 10.7 Å². The maximum absolute atomic E-state index is 9.13. The lowest BCUT2D eigenvalue weighted by Gasteiger charge is -2.08. The molecule has 3 aromatic rings. The zero-order valence-electron chi connectivity index (χ0n) is 11.2. The fraction of sp³-hybridized carbons (Fsp3) is 0. The molecule has 0 amide bonds. The summed E-state index contributed by atoms with van der Waals surface area (Å²) in [5, 5.41) is 25.9. The number of nitrogens with zero attached hydrogens (tertiary/aromatic N) is 5. The van der Waals surface area contributed by atoms with Crippen molar-refractivity contribution in [2.75, 3.05) is 5.32 Å². The van der Waals surface area contributed by atoms with E-state index in [2.05, 4.69) is 25.9 Å². The summed E-state index contributed by atoms with van der Waals surface area (Å²) in [4.78, 5) is 0. The maximum atomic E-state index is 9.13. The highest BCUT2D eigenvalue weighted by atomic mass is 35.5. The molecule has 0 saturated carbocycles. The van der Waals surface area contributed by atoms with Crippen LogP contribution in [0.4, 0.5) is 5.69 Å². The topological polar surface area (TPSA) is 95.2 Å². The predicted octanol–water partition coefficient (Wildman–Crippen LogP) is 2.62. The Balaban J connectivity index is 1.89. The van der Waals surface area contributed by atoms with Crippen LogP contribution in [0.5, 0.6) is 0 Å². The van der Waals surface area contributed by atoms with Crippen molar-refractivity contribution in [3.63, 3.8) is 0 Å². The molecule has 2 heterocycles. The maximum Gasteiger partial charge on any atom is 0.216 e. The number of tetrazole rings is 1. The number of rotatable bonds is 4.